The van der Waals surface area contributed by atoms with Crippen LogP contribution in [0.1, 0.15) is 5.56 Å². The molecule has 1 heterocycles. The van der Waals surface area contributed by atoms with E-state index in [9.17, 15) is 0 Å². The molecule has 1 aromatic carbocycles. The van der Waals surface area contributed by atoms with E-state index in [2.05, 4.69) is 39.5 Å². The van der Waals surface area contributed by atoms with Crippen LogP contribution in [0.2, 0.25) is 0 Å². The minimum absolute atomic E-state index is 0. The maximum atomic E-state index is 5.44. The Kier molecular flexibility index (Phi) is 8.63. The Hall–Kier alpha value is -0.860. The van der Waals surface area contributed by atoms with Crippen molar-refractivity contribution in [2.75, 3.05) is 52.0 Å². The molecule has 0 aliphatic carbocycles. The lowest BCUT2D eigenvalue weighted by molar-refractivity contribution is 0.0733. The lowest BCUT2D eigenvalue weighted by Crippen LogP contribution is -2.41. The summed E-state index contributed by atoms with van der Waals surface area (Å²) < 4.78 is 10.4. The van der Waals surface area contributed by atoms with Gasteiger partial charge < -0.3 is 19.7 Å². The number of benzene rings is 1. The second kappa shape index (κ2) is 9.97. The first-order valence-corrected chi connectivity index (χ1v) is 6.99. The van der Waals surface area contributed by atoms with Gasteiger partial charge in [0.05, 0.1) is 19.8 Å². The second-order valence-corrected chi connectivity index (χ2v) is 4.61. The van der Waals surface area contributed by atoms with E-state index in [1.165, 1.54) is 11.3 Å². The van der Waals surface area contributed by atoms with Gasteiger partial charge >= 0.3 is 0 Å². The highest BCUT2D eigenvalue weighted by Gasteiger charge is 2.21. The number of fused-ring (bicyclic) bond motifs is 1. The molecule has 0 fully saturated rings. The predicted octanol–water partition coefficient (Wildman–Crippen LogP) is 1.91. The summed E-state index contributed by atoms with van der Waals surface area (Å²) in [6, 6.07) is 8.47. The molecule has 1 aromatic rings. The molecule has 0 aromatic heterocycles. The number of halogens is 1. The molecule has 21 heavy (non-hydrogen) atoms. The Labute approximate surface area is 143 Å². The molecule has 5 nitrogen and oxygen atoms in total. The summed E-state index contributed by atoms with van der Waals surface area (Å²) in [6.07, 6.45) is 1.07. The van der Waals surface area contributed by atoms with Crippen molar-refractivity contribution in [1.82, 2.24) is 5.32 Å². The third-order valence-electron chi connectivity index (χ3n) is 3.32. The van der Waals surface area contributed by atoms with Crippen molar-refractivity contribution in [2.24, 2.45) is 4.99 Å². The van der Waals surface area contributed by atoms with Crippen LogP contribution < -0.4 is 10.2 Å². The van der Waals surface area contributed by atoms with Crippen molar-refractivity contribution < 1.29 is 9.47 Å². The number of hydrogen-bond donors (Lipinski definition) is 1. The monoisotopic (exact) mass is 405 g/mol. The summed E-state index contributed by atoms with van der Waals surface area (Å²) >= 11 is 0. The third kappa shape index (κ3) is 5.12. The fourth-order valence-electron chi connectivity index (χ4n) is 2.33. The van der Waals surface area contributed by atoms with Crippen molar-refractivity contribution in [2.45, 2.75) is 6.42 Å². The van der Waals surface area contributed by atoms with Crippen molar-refractivity contribution >= 4 is 35.6 Å². The van der Waals surface area contributed by atoms with Gasteiger partial charge in [-0.2, -0.15) is 0 Å². The number of methoxy groups -OCH3 is 1. The Morgan fingerprint density at radius 1 is 1.29 bits per heavy atom. The zero-order valence-corrected chi connectivity index (χ0v) is 15.0. The van der Waals surface area contributed by atoms with E-state index in [1.807, 2.05) is 7.05 Å². The fraction of sp³-hybridized carbons (Fsp3) is 0.533. The Morgan fingerprint density at radius 3 is 2.86 bits per heavy atom. The van der Waals surface area contributed by atoms with Crippen molar-refractivity contribution in [3.8, 4) is 0 Å². The number of anilines is 1. The lowest BCUT2D eigenvalue weighted by atomic mass is 10.2. The average Bonchev–Trinajstić information content (AvgIpc) is 2.91. The molecule has 0 amide bonds. The fourth-order valence-corrected chi connectivity index (χ4v) is 2.33. The summed E-state index contributed by atoms with van der Waals surface area (Å²) in [7, 11) is 3.49. The summed E-state index contributed by atoms with van der Waals surface area (Å²) in [4.78, 5) is 6.58. The summed E-state index contributed by atoms with van der Waals surface area (Å²) in [6.45, 7) is 3.63. The number of para-hydroxylation sites is 1. The smallest absolute Gasteiger partial charge is 0.198 e. The maximum Gasteiger partial charge on any atom is 0.198 e. The van der Waals surface area contributed by atoms with Gasteiger partial charge in [-0.25, -0.2) is 0 Å². The van der Waals surface area contributed by atoms with Gasteiger partial charge in [0.2, 0.25) is 0 Å². The molecule has 1 aliphatic heterocycles. The number of guanidine groups is 1. The van der Waals surface area contributed by atoms with E-state index in [0.717, 1.165) is 25.5 Å². The van der Waals surface area contributed by atoms with Crippen LogP contribution in [0.3, 0.4) is 0 Å². The van der Waals surface area contributed by atoms with E-state index in [1.54, 1.807) is 7.11 Å². The number of nitrogens with zero attached hydrogens (tertiary/aromatic N) is 2. The van der Waals surface area contributed by atoms with Gasteiger partial charge in [0.1, 0.15) is 0 Å². The van der Waals surface area contributed by atoms with E-state index in [-0.39, 0.29) is 24.0 Å². The quantitative estimate of drug-likeness (QED) is 0.340. The number of hydrogen-bond acceptors (Lipinski definition) is 3. The average molecular weight is 405 g/mol. The van der Waals surface area contributed by atoms with E-state index in [0.29, 0.717) is 19.8 Å². The zero-order chi connectivity index (χ0) is 14.2. The second-order valence-electron chi connectivity index (χ2n) is 4.61. The van der Waals surface area contributed by atoms with Gasteiger partial charge in [-0.3, -0.25) is 4.99 Å². The Bertz CT molecular complexity index is 454. The first-order chi connectivity index (χ1) is 9.86. The van der Waals surface area contributed by atoms with Crippen LogP contribution >= 0.6 is 24.0 Å². The van der Waals surface area contributed by atoms with E-state index < -0.39 is 0 Å². The summed E-state index contributed by atoms with van der Waals surface area (Å²) in [5.74, 6) is 0.908. The van der Waals surface area contributed by atoms with E-state index >= 15 is 0 Å². The lowest BCUT2D eigenvalue weighted by Gasteiger charge is -2.22. The molecule has 0 bridgehead atoms. The predicted molar refractivity (Wildman–Crippen MR) is 97.0 cm³/mol. The topological polar surface area (TPSA) is 46.1 Å². The molecule has 0 atom stereocenters. The molecule has 1 aliphatic rings. The minimum atomic E-state index is 0. The van der Waals surface area contributed by atoms with Crippen molar-refractivity contribution in [3.05, 3.63) is 29.8 Å². The van der Waals surface area contributed by atoms with Crippen LogP contribution in [0.25, 0.3) is 0 Å². The van der Waals surface area contributed by atoms with Crippen LogP contribution in [0.5, 0.6) is 0 Å². The highest BCUT2D eigenvalue weighted by molar-refractivity contribution is 14.0. The van der Waals surface area contributed by atoms with Crippen LogP contribution in [-0.2, 0) is 15.9 Å². The largest absolute Gasteiger partial charge is 0.382 e. The molecule has 0 saturated heterocycles. The van der Waals surface area contributed by atoms with Gasteiger partial charge in [-0.15, -0.1) is 24.0 Å². The molecule has 0 unspecified atom stereocenters. The summed E-state index contributed by atoms with van der Waals surface area (Å²) in [5.41, 5.74) is 2.63. The van der Waals surface area contributed by atoms with Gasteiger partial charge in [-0.1, -0.05) is 18.2 Å². The van der Waals surface area contributed by atoms with Crippen molar-refractivity contribution in [3.63, 3.8) is 0 Å². The van der Waals surface area contributed by atoms with Crippen LogP contribution in [0.15, 0.2) is 29.3 Å². The molecular formula is C15H24IN3O2. The first kappa shape index (κ1) is 18.2. The first-order valence-electron chi connectivity index (χ1n) is 6.99. The molecule has 6 heteroatoms. The van der Waals surface area contributed by atoms with Crippen molar-refractivity contribution in [1.29, 1.82) is 0 Å². The Morgan fingerprint density at radius 2 is 2.10 bits per heavy atom. The normalized spacial score (nSPS) is 13.8. The highest BCUT2D eigenvalue weighted by atomic mass is 127. The molecule has 0 radical (unpaired) electrons. The maximum absolute atomic E-state index is 5.44. The molecule has 0 saturated carbocycles. The van der Waals surface area contributed by atoms with Gasteiger partial charge in [0, 0.05) is 32.9 Å². The molecule has 1 N–H and O–H groups in total. The molecule has 118 valence electrons. The third-order valence-corrected chi connectivity index (χ3v) is 3.32. The number of aliphatic imine (C=N–C) groups is 1. The standard InChI is InChI=1S/C15H23N3O2.HI/c1-16-15(17-8-10-20-12-11-19-2)18-9-7-13-5-3-4-6-14(13)18;/h3-6H,7-12H2,1-2H3,(H,16,17);1H. The van der Waals surface area contributed by atoms with Gasteiger partial charge in [0.15, 0.2) is 5.96 Å². The van der Waals surface area contributed by atoms with Crippen LogP contribution in [0.4, 0.5) is 5.69 Å². The van der Waals surface area contributed by atoms with Crippen LogP contribution in [0, 0.1) is 0 Å². The molecule has 0 spiro atoms. The minimum Gasteiger partial charge on any atom is -0.382 e. The SMILES string of the molecule is CN=C(NCCOCCOC)N1CCc2ccccc21.I. The Balaban J connectivity index is 0.00000220. The highest BCUT2D eigenvalue weighted by Crippen LogP contribution is 2.27. The molecular weight excluding hydrogens is 381 g/mol. The summed E-state index contributed by atoms with van der Waals surface area (Å²) in [5, 5.41) is 3.34. The zero-order valence-electron chi connectivity index (χ0n) is 12.7. The number of nitrogens with one attached hydrogen (secondary N) is 1. The van der Waals surface area contributed by atoms with E-state index in [4.69, 9.17) is 9.47 Å². The molecule has 2 rings (SSSR count). The van der Waals surface area contributed by atoms with Gasteiger partial charge in [-0.05, 0) is 18.1 Å². The number of ether oxygens (including phenoxy) is 2. The number of rotatable bonds is 6. The van der Waals surface area contributed by atoms with Crippen LogP contribution in [-0.4, -0.2) is 53.0 Å². The van der Waals surface area contributed by atoms with Gasteiger partial charge in [0.25, 0.3) is 0 Å².